The first-order valence-corrected chi connectivity index (χ1v) is 5.47. The standard InChI is InChI=1S/C10H10FN3OS/c1-6-4-7(2-3-8(6)11)15-10-14-13-9(5-12)16-10/h2-4H,5,12H2,1H3. The van der Waals surface area contributed by atoms with Crippen molar-refractivity contribution in [2.45, 2.75) is 13.5 Å². The average Bonchev–Trinajstić information content (AvgIpc) is 2.71. The summed E-state index contributed by atoms with van der Waals surface area (Å²) in [4.78, 5) is 0. The van der Waals surface area contributed by atoms with Crippen LogP contribution in [0.25, 0.3) is 0 Å². The minimum Gasteiger partial charge on any atom is -0.430 e. The van der Waals surface area contributed by atoms with Crippen molar-refractivity contribution in [2.75, 3.05) is 0 Å². The van der Waals surface area contributed by atoms with Crippen LogP contribution in [0, 0.1) is 12.7 Å². The number of ether oxygens (including phenoxy) is 1. The molecule has 0 aliphatic heterocycles. The van der Waals surface area contributed by atoms with Crippen LogP contribution < -0.4 is 10.5 Å². The second-order valence-electron chi connectivity index (χ2n) is 3.18. The zero-order valence-corrected chi connectivity index (χ0v) is 9.42. The largest absolute Gasteiger partial charge is 0.430 e. The summed E-state index contributed by atoms with van der Waals surface area (Å²) in [5.74, 6) is 0.283. The second-order valence-corrected chi connectivity index (χ2v) is 4.20. The van der Waals surface area contributed by atoms with Gasteiger partial charge in [0.05, 0.1) is 0 Å². The van der Waals surface area contributed by atoms with Crippen molar-refractivity contribution >= 4 is 11.3 Å². The maximum atomic E-state index is 13.0. The Kier molecular flexibility index (Phi) is 3.12. The van der Waals surface area contributed by atoms with Gasteiger partial charge in [-0.15, -0.1) is 5.10 Å². The van der Waals surface area contributed by atoms with Gasteiger partial charge in [-0.3, -0.25) is 0 Å². The molecule has 0 unspecified atom stereocenters. The van der Waals surface area contributed by atoms with Gasteiger partial charge in [0.15, 0.2) is 0 Å². The highest BCUT2D eigenvalue weighted by Gasteiger charge is 2.06. The average molecular weight is 239 g/mol. The number of rotatable bonds is 3. The lowest BCUT2D eigenvalue weighted by atomic mass is 10.2. The third kappa shape index (κ3) is 2.34. The third-order valence-corrected chi connectivity index (χ3v) is 2.78. The number of nitrogens with zero attached hydrogens (tertiary/aromatic N) is 2. The van der Waals surface area contributed by atoms with E-state index in [1.807, 2.05) is 0 Å². The van der Waals surface area contributed by atoms with Crippen molar-refractivity contribution in [3.05, 3.63) is 34.6 Å². The van der Waals surface area contributed by atoms with Gasteiger partial charge < -0.3 is 10.5 Å². The lowest BCUT2D eigenvalue weighted by molar-refractivity contribution is 0.470. The topological polar surface area (TPSA) is 61.0 Å². The zero-order valence-electron chi connectivity index (χ0n) is 8.61. The van der Waals surface area contributed by atoms with Crippen molar-refractivity contribution < 1.29 is 9.13 Å². The van der Waals surface area contributed by atoms with Crippen molar-refractivity contribution in [2.24, 2.45) is 5.73 Å². The summed E-state index contributed by atoms with van der Waals surface area (Å²) in [6.45, 7) is 2.01. The molecule has 0 radical (unpaired) electrons. The van der Waals surface area contributed by atoms with Gasteiger partial charge in [-0.1, -0.05) is 16.4 Å². The molecule has 0 aliphatic carbocycles. The molecular weight excluding hydrogens is 229 g/mol. The van der Waals surface area contributed by atoms with Gasteiger partial charge in [0.2, 0.25) is 0 Å². The molecule has 1 heterocycles. The van der Waals surface area contributed by atoms with Crippen molar-refractivity contribution in [1.29, 1.82) is 0 Å². The summed E-state index contributed by atoms with van der Waals surface area (Å²) in [7, 11) is 0. The first kappa shape index (κ1) is 11.0. The highest BCUT2D eigenvalue weighted by Crippen LogP contribution is 2.25. The molecule has 1 aromatic carbocycles. The van der Waals surface area contributed by atoms with Crippen LogP contribution in [0.15, 0.2) is 18.2 Å². The Morgan fingerprint density at radius 2 is 2.25 bits per heavy atom. The van der Waals surface area contributed by atoms with Gasteiger partial charge in [-0.25, -0.2) is 4.39 Å². The lowest BCUT2D eigenvalue weighted by Crippen LogP contribution is -1.94. The summed E-state index contributed by atoms with van der Waals surface area (Å²) < 4.78 is 18.4. The number of halogens is 1. The summed E-state index contributed by atoms with van der Waals surface area (Å²) in [6.07, 6.45) is 0. The Labute approximate surface area is 95.9 Å². The molecule has 16 heavy (non-hydrogen) atoms. The van der Waals surface area contributed by atoms with Gasteiger partial charge >= 0.3 is 0 Å². The van der Waals surface area contributed by atoms with Gasteiger partial charge in [0, 0.05) is 6.54 Å². The second kappa shape index (κ2) is 4.54. The molecule has 0 amide bonds. The Hall–Kier alpha value is -1.53. The van der Waals surface area contributed by atoms with Gasteiger partial charge in [0.1, 0.15) is 16.6 Å². The van der Waals surface area contributed by atoms with Crippen molar-refractivity contribution in [3.63, 3.8) is 0 Å². The smallest absolute Gasteiger partial charge is 0.299 e. The number of benzene rings is 1. The van der Waals surface area contributed by atoms with Crippen LogP contribution in [0.1, 0.15) is 10.6 Å². The van der Waals surface area contributed by atoms with Crippen LogP contribution in [-0.2, 0) is 6.54 Å². The summed E-state index contributed by atoms with van der Waals surface area (Å²) in [6, 6.07) is 4.51. The molecule has 0 fully saturated rings. The number of hydrogen-bond donors (Lipinski definition) is 1. The summed E-state index contributed by atoms with van der Waals surface area (Å²) in [5, 5.41) is 8.73. The van der Waals surface area contributed by atoms with E-state index in [-0.39, 0.29) is 5.82 Å². The maximum Gasteiger partial charge on any atom is 0.299 e. The van der Waals surface area contributed by atoms with Crippen molar-refractivity contribution in [1.82, 2.24) is 10.2 Å². The SMILES string of the molecule is Cc1cc(Oc2nnc(CN)s2)ccc1F. The fraction of sp³-hybridized carbons (Fsp3) is 0.200. The third-order valence-electron chi connectivity index (χ3n) is 1.96. The fourth-order valence-corrected chi connectivity index (χ4v) is 1.73. The number of aryl methyl sites for hydroxylation is 1. The van der Waals surface area contributed by atoms with E-state index < -0.39 is 0 Å². The van der Waals surface area contributed by atoms with E-state index in [9.17, 15) is 4.39 Å². The van der Waals surface area contributed by atoms with Crippen LogP contribution in [0.3, 0.4) is 0 Å². The number of hydrogen-bond acceptors (Lipinski definition) is 5. The highest BCUT2D eigenvalue weighted by molar-refractivity contribution is 7.13. The van der Waals surface area contributed by atoms with Gasteiger partial charge in [-0.05, 0) is 30.7 Å². The molecule has 4 nitrogen and oxygen atoms in total. The van der Waals surface area contributed by atoms with Crippen LogP contribution in [-0.4, -0.2) is 10.2 Å². The Balaban J connectivity index is 2.17. The van der Waals surface area contributed by atoms with E-state index in [0.717, 1.165) is 0 Å². The maximum absolute atomic E-state index is 13.0. The zero-order chi connectivity index (χ0) is 11.5. The van der Waals surface area contributed by atoms with Crippen LogP contribution in [0.2, 0.25) is 0 Å². The quantitative estimate of drug-likeness (QED) is 0.892. The van der Waals surface area contributed by atoms with Crippen molar-refractivity contribution in [3.8, 4) is 10.9 Å². The molecule has 0 bridgehead atoms. The van der Waals surface area contributed by atoms with E-state index in [1.165, 1.54) is 17.4 Å². The van der Waals surface area contributed by atoms with Crippen LogP contribution >= 0.6 is 11.3 Å². The van der Waals surface area contributed by atoms with E-state index in [2.05, 4.69) is 10.2 Å². The monoisotopic (exact) mass is 239 g/mol. The summed E-state index contributed by atoms with van der Waals surface area (Å²) in [5.41, 5.74) is 5.93. The molecule has 2 rings (SSSR count). The molecule has 0 saturated carbocycles. The molecule has 6 heteroatoms. The molecule has 2 N–H and O–H groups in total. The molecule has 0 atom stereocenters. The van der Waals surface area contributed by atoms with E-state index in [1.54, 1.807) is 19.1 Å². The Morgan fingerprint density at radius 1 is 1.44 bits per heavy atom. The molecular formula is C10H10FN3OS. The van der Waals surface area contributed by atoms with E-state index in [4.69, 9.17) is 10.5 Å². The first-order valence-electron chi connectivity index (χ1n) is 4.65. The summed E-state index contributed by atoms with van der Waals surface area (Å²) >= 11 is 1.27. The predicted molar refractivity (Wildman–Crippen MR) is 59.0 cm³/mol. The normalized spacial score (nSPS) is 10.4. The molecule has 1 aromatic heterocycles. The van der Waals surface area contributed by atoms with E-state index >= 15 is 0 Å². The molecule has 2 aromatic rings. The van der Waals surface area contributed by atoms with Gasteiger partial charge in [0.25, 0.3) is 5.19 Å². The minimum absolute atomic E-state index is 0.257. The lowest BCUT2D eigenvalue weighted by Gasteiger charge is -2.02. The molecule has 84 valence electrons. The molecule has 0 aliphatic rings. The van der Waals surface area contributed by atoms with E-state index in [0.29, 0.717) is 28.1 Å². The minimum atomic E-state index is -0.257. The van der Waals surface area contributed by atoms with Gasteiger partial charge in [-0.2, -0.15) is 0 Å². The van der Waals surface area contributed by atoms with Crippen LogP contribution in [0.5, 0.6) is 10.9 Å². The highest BCUT2D eigenvalue weighted by atomic mass is 32.1. The Bertz CT molecular complexity index is 501. The molecule has 0 saturated heterocycles. The predicted octanol–water partition coefficient (Wildman–Crippen LogP) is 2.24. The Morgan fingerprint density at radius 3 is 2.88 bits per heavy atom. The number of nitrogens with two attached hydrogens (primary N) is 1. The fourth-order valence-electron chi connectivity index (χ4n) is 1.14. The first-order chi connectivity index (χ1) is 7.69. The van der Waals surface area contributed by atoms with Crippen LogP contribution in [0.4, 0.5) is 4.39 Å². The molecule has 0 spiro atoms. The number of aromatic nitrogens is 2.